The van der Waals surface area contributed by atoms with Gasteiger partial charge in [-0.2, -0.15) is 0 Å². The molecule has 1 aromatic rings. The minimum absolute atomic E-state index is 0.615. The summed E-state index contributed by atoms with van der Waals surface area (Å²) >= 11 is 5.94. The van der Waals surface area contributed by atoms with Gasteiger partial charge in [-0.15, -0.1) is 0 Å². The standard InChI is InChI=1S/C15H24ClN3O/c1-15(2,20)11-19-7-5-18(6-8-19)10-12-3-4-13(16)14(17)9-12/h3-4,9,20H,5-8,10-11,17H2,1-2H3. The lowest BCUT2D eigenvalue weighted by Crippen LogP contribution is -2.50. The van der Waals surface area contributed by atoms with Crippen LogP contribution in [0.5, 0.6) is 0 Å². The van der Waals surface area contributed by atoms with E-state index in [1.54, 1.807) is 0 Å². The lowest BCUT2D eigenvalue weighted by atomic mass is 10.1. The Morgan fingerprint density at radius 2 is 1.80 bits per heavy atom. The van der Waals surface area contributed by atoms with Crippen molar-refractivity contribution in [3.63, 3.8) is 0 Å². The van der Waals surface area contributed by atoms with E-state index < -0.39 is 5.60 Å². The van der Waals surface area contributed by atoms with Crippen molar-refractivity contribution < 1.29 is 5.11 Å². The smallest absolute Gasteiger partial charge is 0.0718 e. The number of halogens is 1. The van der Waals surface area contributed by atoms with E-state index >= 15 is 0 Å². The van der Waals surface area contributed by atoms with Crippen LogP contribution >= 0.6 is 11.6 Å². The first kappa shape index (κ1) is 15.6. The van der Waals surface area contributed by atoms with E-state index in [0.717, 1.165) is 39.3 Å². The molecular weight excluding hydrogens is 274 g/mol. The van der Waals surface area contributed by atoms with Gasteiger partial charge >= 0.3 is 0 Å². The number of hydrogen-bond donors (Lipinski definition) is 2. The van der Waals surface area contributed by atoms with Crippen molar-refractivity contribution in [1.29, 1.82) is 0 Å². The summed E-state index contributed by atoms with van der Waals surface area (Å²) in [7, 11) is 0. The number of anilines is 1. The molecule has 0 spiro atoms. The predicted octanol–water partition coefficient (Wildman–Crippen LogP) is 1.81. The molecule has 0 amide bonds. The molecule has 1 saturated heterocycles. The van der Waals surface area contributed by atoms with E-state index in [1.807, 2.05) is 32.0 Å². The highest BCUT2D eigenvalue weighted by atomic mass is 35.5. The zero-order valence-electron chi connectivity index (χ0n) is 12.3. The van der Waals surface area contributed by atoms with Crippen molar-refractivity contribution in [2.75, 3.05) is 38.5 Å². The average molecular weight is 298 g/mol. The number of β-amino-alcohol motifs (C(OH)–C–C–N with tert-alkyl or cyclic N) is 1. The van der Waals surface area contributed by atoms with E-state index in [4.69, 9.17) is 17.3 Å². The number of rotatable bonds is 4. The quantitative estimate of drug-likeness (QED) is 0.832. The summed E-state index contributed by atoms with van der Waals surface area (Å²) in [6.45, 7) is 9.36. The normalized spacial score (nSPS) is 18.4. The van der Waals surface area contributed by atoms with Gasteiger partial charge in [0.05, 0.1) is 16.3 Å². The lowest BCUT2D eigenvalue weighted by Gasteiger charge is -2.37. The second-order valence-electron chi connectivity index (χ2n) is 6.22. The molecule has 1 aromatic carbocycles. The van der Waals surface area contributed by atoms with Crippen molar-refractivity contribution in [3.05, 3.63) is 28.8 Å². The van der Waals surface area contributed by atoms with Crippen LogP contribution in [0.3, 0.4) is 0 Å². The molecule has 0 aromatic heterocycles. The molecule has 2 rings (SSSR count). The predicted molar refractivity (Wildman–Crippen MR) is 83.9 cm³/mol. The summed E-state index contributed by atoms with van der Waals surface area (Å²) in [5, 5.41) is 10.5. The minimum Gasteiger partial charge on any atom is -0.398 e. The molecule has 4 nitrogen and oxygen atoms in total. The average Bonchev–Trinajstić information content (AvgIpc) is 2.35. The summed E-state index contributed by atoms with van der Waals surface area (Å²) < 4.78 is 0. The third-order valence-electron chi connectivity index (χ3n) is 3.54. The van der Waals surface area contributed by atoms with E-state index in [1.165, 1.54) is 5.56 Å². The van der Waals surface area contributed by atoms with Gasteiger partial charge in [0, 0.05) is 39.3 Å². The monoisotopic (exact) mass is 297 g/mol. The Hall–Kier alpha value is -0.810. The fraction of sp³-hybridized carbons (Fsp3) is 0.600. The van der Waals surface area contributed by atoms with Crippen LogP contribution in [0.25, 0.3) is 0 Å². The van der Waals surface area contributed by atoms with Gasteiger partial charge in [0.2, 0.25) is 0 Å². The maximum Gasteiger partial charge on any atom is 0.0718 e. The molecule has 112 valence electrons. The number of hydrogen-bond acceptors (Lipinski definition) is 4. The third-order valence-corrected chi connectivity index (χ3v) is 3.89. The van der Waals surface area contributed by atoms with Crippen molar-refractivity contribution in [2.45, 2.75) is 26.0 Å². The van der Waals surface area contributed by atoms with Gasteiger partial charge in [0.15, 0.2) is 0 Å². The Kier molecular flexibility index (Phi) is 4.91. The number of piperazine rings is 1. The molecule has 0 aliphatic carbocycles. The molecule has 20 heavy (non-hydrogen) atoms. The Labute approximate surface area is 126 Å². The van der Waals surface area contributed by atoms with E-state index in [2.05, 4.69) is 9.80 Å². The van der Waals surface area contributed by atoms with E-state index in [-0.39, 0.29) is 0 Å². The highest BCUT2D eigenvalue weighted by Crippen LogP contribution is 2.20. The third kappa shape index (κ3) is 4.63. The van der Waals surface area contributed by atoms with Crippen LogP contribution in [0, 0.1) is 0 Å². The van der Waals surface area contributed by atoms with Crippen LogP contribution in [0.1, 0.15) is 19.4 Å². The number of nitrogens with zero attached hydrogens (tertiary/aromatic N) is 2. The second kappa shape index (κ2) is 6.31. The zero-order valence-corrected chi connectivity index (χ0v) is 13.0. The van der Waals surface area contributed by atoms with Gasteiger partial charge in [-0.1, -0.05) is 17.7 Å². The highest BCUT2D eigenvalue weighted by molar-refractivity contribution is 6.33. The van der Waals surface area contributed by atoms with Gasteiger partial charge in [-0.3, -0.25) is 9.80 Å². The second-order valence-corrected chi connectivity index (χ2v) is 6.63. The van der Waals surface area contributed by atoms with Crippen LogP contribution < -0.4 is 5.73 Å². The fourth-order valence-corrected chi connectivity index (χ4v) is 2.72. The minimum atomic E-state index is -0.618. The highest BCUT2D eigenvalue weighted by Gasteiger charge is 2.22. The molecule has 0 unspecified atom stereocenters. The molecule has 0 atom stereocenters. The van der Waals surface area contributed by atoms with Crippen LogP contribution in [0.15, 0.2) is 18.2 Å². The first-order valence-electron chi connectivity index (χ1n) is 7.04. The molecule has 0 radical (unpaired) electrons. The molecule has 0 saturated carbocycles. The molecular formula is C15H24ClN3O. The number of nitrogens with two attached hydrogens (primary N) is 1. The summed E-state index contributed by atoms with van der Waals surface area (Å²) in [6.07, 6.45) is 0. The van der Waals surface area contributed by atoms with E-state index in [9.17, 15) is 5.11 Å². The molecule has 5 heteroatoms. The molecule has 1 heterocycles. The lowest BCUT2D eigenvalue weighted by molar-refractivity contribution is 0.0167. The SMILES string of the molecule is CC(C)(O)CN1CCN(Cc2ccc(Cl)c(N)c2)CC1. The van der Waals surface area contributed by atoms with Gasteiger partial charge in [-0.25, -0.2) is 0 Å². The maximum atomic E-state index is 9.85. The zero-order chi connectivity index (χ0) is 14.8. The fourth-order valence-electron chi connectivity index (χ4n) is 2.60. The van der Waals surface area contributed by atoms with Gasteiger partial charge in [0.25, 0.3) is 0 Å². The van der Waals surface area contributed by atoms with Crippen LogP contribution in [0.2, 0.25) is 5.02 Å². The molecule has 1 aliphatic rings. The van der Waals surface area contributed by atoms with Crippen LogP contribution in [-0.2, 0) is 6.54 Å². The van der Waals surface area contributed by atoms with Gasteiger partial charge in [0.1, 0.15) is 0 Å². The number of nitrogen functional groups attached to an aromatic ring is 1. The van der Waals surface area contributed by atoms with Crippen molar-refractivity contribution in [1.82, 2.24) is 9.80 Å². The van der Waals surface area contributed by atoms with Gasteiger partial charge < -0.3 is 10.8 Å². The summed E-state index contributed by atoms with van der Waals surface area (Å²) in [5.74, 6) is 0. The summed E-state index contributed by atoms with van der Waals surface area (Å²) in [4.78, 5) is 4.72. The summed E-state index contributed by atoms with van der Waals surface area (Å²) in [5.41, 5.74) is 7.05. The Morgan fingerprint density at radius 1 is 1.20 bits per heavy atom. The maximum absolute atomic E-state index is 9.85. The largest absolute Gasteiger partial charge is 0.398 e. The van der Waals surface area contributed by atoms with Crippen LogP contribution in [-0.4, -0.2) is 53.2 Å². The first-order chi connectivity index (χ1) is 9.33. The molecule has 1 aliphatic heterocycles. The van der Waals surface area contributed by atoms with E-state index in [0.29, 0.717) is 10.7 Å². The molecule has 3 N–H and O–H groups in total. The van der Waals surface area contributed by atoms with Crippen molar-refractivity contribution in [2.24, 2.45) is 0 Å². The Morgan fingerprint density at radius 3 is 2.35 bits per heavy atom. The van der Waals surface area contributed by atoms with Crippen LogP contribution in [0.4, 0.5) is 5.69 Å². The number of aliphatic hydroxyl groups is 1. The Bertz CT molecular complexity index is 451. The molecule has 0 bridgehead atoms. The van der Waals surface area contributed by atoms with Gasteiger partial charge in [-0.05, 0) is 31.5 Å². The van der Waals surface area contributed by atoms with Crippen molar-refractivity contribution in [3.8, 4) is 0 Å². The Balaban J connectivity index is 1.83. The molecule has 1 fully saturated rings. The number of benzene rings is 1. The topological polar surface area (TPSA) is 52.7 Å². The van der Waals surface area contributed by atoms with Crippen molar-refractivity contribution >= 4 is 17.3 Å². The first-order valence-corrected chi connectivity index (χ1v) is 7.42. The summed E-state index contributed by atoms with van der Waals surface area (Å²) in [6, 6.07) is 5.84.